The molecule has 0 spiro atoms. The Morgan fingerprint density at radius 1 is 1.00 bits per heavy atom. The standard InChI is InChI=1S/C17H21N3O3S/c18-17(12-14-6-8-16(9-7-14)24(19,21)22)20-10-11-23-13-15-4-2-1-3-5-15/h1-9H,10-13H2,(H2,18,20)(H2,19,21,22). The molecule has 0 aliphatic heterocycles. The van der Waals surface area contributed by atoms with E-state index < -0.39 is 10.0 Å². The maximum absolute atomic E-state index is 11.2. The quantitative estimate of drug-likeness (QED) is 0.428. The van der Waals surface area contributed by atoms with Crippen LogP contribution < -0.4 is 10.9 Å². The van der Waals surface area contributed by atoms with E-state index in [4.69, 9.17) is 15.6 Å². The number of primary sulfonamides is 1. The molecule has 4 N–H and O–H groups in total. The number of hydrogen-bond acceptors (Lipinski definition) is 4. The van der Waals surface area contributed by atoms with E-state index in [2.05, 4.69) is 4.99 Å². The van der Waals surface area contributed by atoms with Gasteiger partial charge in [0.05, 0.1) is 30.5 Å². The molecule has 2 aromatic carbocycles. The molecule has 2 aromatic rings. The van der Waals surface area contributed by atoms with Crippen molar-refractivity contribution in [3.05, 3.63) is 65.7 Å². The van der Waals surface area contributed by atoms with Crippen LogP contribution in [-0.4, -0.2) is 27.4 Å². The van der Waals surface area contributed by atoms with E-state index >= 15 is 0 Å². The molecule has 0 unspecified atom stereocenters. The van der Waals surface area contributed by atoms with Crippen molar-refractivity contribution in [1.29, 1.82) is 0 Å². The molecule has 0 aliphatic rings. The lowest BCUT2D eigenvalue weighted by Gasteiger charge is -2.05. The van der Waals surface area contributed by atoms with Crippen LogP contribution in [0.4, 0.5) is 0 Å². The van der Waals surface area contributed by atoms with Gasteiger partial charge in [0.25, 0.3) is 0 Å². The van der Waals surface area contributed by atoms with E-state index in [-0.39, 0.29) is 4.90 Å². The van der Waals surface area contributed by atoms with Crippen molar-refractivity contribution in [2.45, 2.75) is 17.9 Å². The van der Waals surface area contributed by atoms with Crippen molar-refractivity contribution in [2.24, 2.45) is 15.9 Å². The fraction of sp³-hybridized carbons (Fsp3) is 0.235. The van der Waals surface area contributed by atoms with Crippen LogP contribution in [0.25, 0.3) is 0 Å². The van der Waals surface area contributed by atoms with E-state index in [0.717, 1.165) is 11.1 Å². The van der Waals surface area contributed by atoms with Gasteiger partial charge in [-0.2, -0.15) is 0 Å². The fourth-order valence-electron chi connectivity index (χ4n) is 2.08. The molecule has 128 valence electrons. The van der Waals surface area contributed by atoms with Gasteiger partial charge in [0.1, 0.15) is 0 Å². The number of nitrogens with two attached hydrogens (primary N) is 2. The Labute approximate surface area is 142 Å². The van der Waals surface area contributed by atoms with Crippen LogP contribution in [-0.2, 0) is 27.8 Å². The zero-order chi connectivity index (χ0) is 17.4. The maximum Gasteiger partial charge on any atom is 0.238 e. The first kappa shape index (κ1) is 18.1. The van der Waals surface area contributed by atoms with Gasteiger partial charge in [0.2, 0.25) is 10.0 Å². The molecule has 0 heterocycles. The van der Waals surface area contributed by atoms with Crippen molar-refractivity contribution < 1.29 is 13.2 Å². The minimum atomic E-state index is -3.67. The molecule has 0 fully saturated rings. The third-order valence-electron chi connectivity index (χ3n) is 3.30. The second-order valence-corrected chi connectivity index (χ2v) is 6.84. The number of nitrogens with zero attached hydrogens (tertiary/aromatic N) is 1. The third-order valence-corrected chi connectivity index (χ3v) is 4.23. The molecule has 0 aromatic heterocycles. The molecule has 6 nitrogen and oxygen atoms in total. The summed E-state index contributed by atoms with van der Waals surface area (Å²) in [5.41, 5.74) is 7.86. The predicted molar refractivity (Wildman–Crippen MR) is 94.1 cm³/mol. The van der Waals surface area contributed by atoms with E-state index in [1.54, 1.807) is 12.1 Å². The lowest BCUT2D eigenvalue weighted by molar-refractivity contribution is 0.128. The highest BCUT2D eigenvalue weighted by Crippen LogP contribution is 2.09. The molecule has 0 radical (unpaired) electrons. The van der Waals surface area contributed by atoms with Gasteiger partial charge in [0.15, 0.2) is 0 Å². The number of amidine groups is 1. The van der Waals surface area contributed by atoms with Gasteiger partial charge in [-0.3, -0.25) is 4.99 Å². The van der Waals surface area contributed by atoms with Crippen LogP contribution in [0.2, 0.25) is 0 Å². The minimum Gasteiger partial charge on any atom is -0.387 e. The molecule has 0 aliphatic carbocycles. The Hall–Kier alpha value is -2.22. The number of rotatable bonds is 8. The molecular weight excluding hydrogens is 326 g/mol. The summed E-state index contributed by atoms with van der Waals surface area (Å²) in [6, 6.07) is 16.2. The first-order valence-electron chi connectivity index (χ1n) is 7.47. The van der Waals surface area contributed by atoms with E-state index in [1.807, 2.05) is 30.3 Å². The highest BCUT2D eigenvalue weighted by molar-refractivity contribution is 7.89. The number of hydrogen-bond donors (Lipinski definition) is 2. The Kier molecular flexibility index (Phi) is 6.48. The van der Waals surface area contributed by atoms with Crippen molar-refractivity contribution in [3.63, 3.8) is 0 Å². The Morgan fingerprint density at radius 2 is 1.67 bits per heavy atom. The number of benzene rings is 2. The first-order valence-corrected chi connectivity index (χ1v) is 9.02. The molecular formula is C17H21N3O3S. The van der Waals surface area contributed by atoms with Gasteiger partial charge in [-0.15, -0.1) is 0 Å². The first-order chi connectivity index (χ1) is 11.4. The second kappa shape index (κ2) is 8.58. The molecule has 2 rings (SSSR count). The van der Waals surface area contributed by atoms with E-state index in [1.165, 1.54) is 12.1 Å². The summed E-state index contributed by atoms with van der Waals surface area (Å²) >= 11 is 0. The van der Waals surface area contributed by atoms with Gasteiger partial charge in [-0.1, -0.05) is 42.5 Å². The molecule has 0 saturated carbocycles. The van der Waals surface area contributed by atoms with Gasteiger partial charge in [-0.05, 0) is 23.3 Å². The SMILES string of the molecule is NC(Cc1ccc(S(N)(=O)=O)cc1)=NCCOCc1ccccc1. The van der Waals surface area contributed by atoms with E-state index in [0.29, 0.717) is 32.0 Å². The lowest BCUT2D eigenvalue weighted by atomic mass is 10.1. The van der Waals surface area contributed by atoms with Crippen LogP contribution in [0.15, 0.2) is 64.5 Å². The number of ether oxygens (including phenoxy) is 1. The van der Waals surface area contributed by atoms with Crippen LogP contribution in [0.1, 0.15) is 11.1 Å². The largest absolute Gasteiger partial charge is 0.387 e. The molecule has 0 saturated heterocycles. The highest BCUT2D eigenvalue weighted by Gasteiger charge is 2.07. The molecule has 24 heavy (non-hydrogen) atoms. The Morgan fingerprint density at radius 3 is 2.29 bits per heavy atom. The normalized spacial score (nSPS) is 12.3. The van der Waals surface area contributed by atoms with Crippen LogP contribution in [0, 0.1) is 0 Å². The second-order valence-electron chi connectivity index (χ2n) is 5.28. The summed E-state index contributed by atoms with van der Waals surface area (Å²) in [6.07, 6.45) is 0.448. The molecule has 7 heteroatoms. The van der Waals surface area contributed by atoms with Gasteiger partial charge in [-0.25, -0.2) is 13.6 Å². The Bertz CT molecular complexity index is 772. The smallest absolute Gasteiger partial charge is 0.238 e. The van der Waals surface area contributed by atoms with Crippen molar-refractivity contribution >= 4 is 15.9 Å². The molecule has 0 bridgehead atoms. The lowest BCUT2D eigenvalue weighted by Crippen LogP contribution is -2.17. The predicted octanol–water partition coefficient (Wildman–Crippen LogP) is 1.45. The van der Waals surface area contributed by atoms with Crippen molar-refractivity contribution in [2.75, 3.05) is 13.2 Å². The van der Waals surface area contributed by atoms with E-state index in [9.17, 15) is 8.42 Å². The topological polar surface area (TPSA) is 108 Å². The maximum atomic E-state index is 11.2. The van der Waals surface area contributed by atoms with Crippen LogP contribution in [0.3, 0.4) is 0 Å². The zero-order valence-electron chi connectivity index (χ0n) is 13.3. The monoisotopic (exact) mass is 347 g/mol. The van der Waals surface area contributed by atoms with Crippen LogP contribution >= 0.6 is 0 Å². The van der Waals surface area contributed by atoms with Crippen molar-refractivity contribution in [3.8, 4) is 0 Å². The fourth-order valence-corrected chi connectivity index (χ4v) is 2.60. The summed E-state index contributed by atoms with van der Waals surface area (Å²) < 4.78 is 27.9. The van der Waals surface area contributed by atoms with Gasteiger partial charge >= 0.3 is 0 Å². The summed E-state index contributed by atoms with van der Waals surface area (Å²) in [7, 11) is -3.67. The van der Waals surface area contributed by atoms with Crippen LogP contribution in [0.5, 0.6) is 0 Å². The van der Waals surface area contributed by atoms with Gasteiger partial charge in [0, 0.05) is 6.42 Å². The van der Waals surface area contributed by atoms with Gasteiger partial charge < -0.3 is 10.5 Å². The third kappa shape index (κ3) is 6.11. The summed E-state index contributed by atoms with van der Waals surface area (Å²) in [4.78, 5) is 4.33. The average Bonchev–Trinajstić information content (AvgIpc) is 2.55. The number of aliphatic imine (C=N–C) groups is 1. The Balaban J connectivity index is 1.75. The molecule has 0 atom stereocenters. The highest BCUT2D eigenvalue weighted by atomic mass is 32.2. The zero-order valence-corrected chi connectivity index (χ0v) is 14.1. The molecule has 0 amide bonds. The van der Waals surface area contributed by atoms with Crippen molar-refractivity contribution in [1.82, 2.24) is 0 Å². The minimum absolute atomic E-state index is 0.0797. The summed E-state index contributed by atoms with van der Waals surface area (Å²) in [5.74, 6) is 0.474. The summed E-state index contributed by atoms with van der Waals surface area (Å²) in [5, 5.41) is 5.05. The average molecular weight is 347 g/mol. The summed E-state index contributed by atoms with van der Waals surface area (Å²) in [6.45, 7) is 1.51. The number of sulfonamides is 1.